The van der Waals surface area contributed by atoms with Crippen molar-refractivity contribution >= 4 is 38.8 Å². The Balaban J connectivity index is 1.42. The molecule has 9 nitrogen and oxygen atoms in total. The molecule has 1 saturated heterocycles. The molecule has 4 rings (SSSR count). The summed E-state index contributed by atoms with van der Waals surface area (Å²) < 4.78 is 53.4. The second-order valence-electron chi connectivity index (χ2n) is 9.26. The van der Waals surface area contributed by atoms with E-state index in [0.29, 0.717) is 43.2 Å². The molecule has 4 N–H and O–H groups in total. The largest absolute Gasteiger partial charge is 0.380 e. The van der Waals surface area contributed by atoms with E-state index in [2.05, 4.69) is 20.5 Å². The van der Waals surface area contributed by atoms with Gasteiger partial charge in [-0.1, -0.05) is 0 Å². The minimum absolute atomic E-state index is 0.0683. The molecule has 1 aliphatic heterocycles. The van der Waals surface area contributed by atoms with E-state index in [0.717, 1.165) is 17.4 Å². The van der Waals surface area contributed by atoms with Gasteiger partial charge in [-0.3, -0.25) is 4.79 Å². The molecule has 202 valence electrons. The van der Waals surface area contributed by atoms with Crippen LogP contribution in [-0.2, 0) is 16.6 Å². The number of hydrogen-bond acceptors (Lipinski definition) is 7. The second-order valence-corrected chi connectivity index (χ2v) is 11.8. The van der Waals surface area contributed by atoms with Crippen molar-refractivity contribution < 1.29 is 22.0 Å². The predicted molar refractivity (Wildman–Crippen MR) is 144 cm³/mol. The average molecular weight is 545 g/mol. The summed E-state index contributed by atoms with van der Waals surface area (Å²) in [6, 6.07) is 12.4. The number of sulfonamides is 1. The molecule has 1 fully saturated rings. The second kappa shape index (κ2) is 11.3. The quantitative estimate of drug-likeness (QED) is 0.376. The number of benzene rings is 2. The van der Waals surface area contributed by atoms with Crippen LogP contribution in [0.3, 0.4) is 0 Å². The zero-order chi connectivity index (χ0) is 27.4. The number of primary amides is 1. The van der Waals surface area contributed by atoms with Crippen LogP contribution in [0.5, 0.6) is 0 Å². The number of pyridine rings is 1. The van der Waals surface area contributed by atoms with Gasteiger partial charge >= 0.3 is 0 Å². The predicted octanol–water partition coefficient (Wildman–Crippen LogP) is 3.67. The normalized spacial score (nSPS) is 14.5. The summed E-state index contributed by atoms with van der Waals surface area (Å²) >= 11 is 0. The number of halogens is 2. The average Bonchev–Trinajstić information content (AvgIpc) is 2.87. The molecule has 1 aromatic heterocycles. The van der Waals surface area contributed by atoms with Gasteiger partial charge in [0.2, 0.25) is 10.0 Å². The van der Waals surface area contributed by atoms with Gasteiger partial charge in [-0.2, -0.15) is 4.31 Å². The third-order valence-corrected chi connectivity index (χ3v) is 8.55. The van der Waals surface area contributed by atoms with E-state index in [1.165, 1.54) is 18.3 Å². The Bertz CT molecular complexity index is 1390. The van der Waals surface area contributed by atoms with Crippen molar-refractivity contribution in [1.29, 1.82) is 0 Å². The van der Waals surface area contributed by atoms with Crippen LogP contribution in [0.25, 0.3) is 0 Å². The first-order valence-electron chi connectivity index (χ1n) is 12.1. The van der Waals surface area contributed by atoms with E-state index in [1.807, 2.05) is 24.3 Å². The third kappa shape index (κ3) is 6.37. The molecule has 0 bridgehead atoms. The monoisotopic (exact) mass is 544 g/mol. The molecule has 0 spiro atoms. The number of carbonyl (C=O) groups is 1. The number of nitrogens with zero attached hydrogens (tertiary/aromatic N) is 3. The zero-order valence-electron chi connectivity index (χ0n) is 21.1. The standard InChI is InChI=1S/C26H30F2N6O3S/c1-17(2)38(36,37)34-9-7-33(8-10-34)22-5-3-21(4-6-22)32-25-14-24(23(16-31-25)26(29)35)30-15-18-11-19(27)13-20(28)12-18/h3-6,11-14,16-17H,7-10,15H2,1-2H3,(H2,29,35)(H2,30,31,32). The Hall–Kier alpha value is -3.77. The molecule has 2 aromatic carbocycles. The van der Waals surface area contributed by atoms with Crippen LogP contribution in [0.15, 0.2) is 54.7 Å². The number of hydrogen-bond donors (Lipinski definition) is 3. The summed E-state index contributed by atoms with van der Waals surface area (Å²) in [7, 11) is -3.26. The van der Waals surface area contributed by atoms with E-state index >= 15 is 0 Å². The molecule has 0 atom stereocenters. The van der Waals surface area contributed by atoms with Gasteiger partial charge in [-0.05, 0) is 55.8 Å². The summed E-state index contributed by atoms with van der Waals surface area (Å²) in [6.45, 7) is 5.52. The third-order valence-electron chi connectivity index (χ3n) is 6.27. The highest BCUT2D eigenvalue weighted by Crippen LogP contribution is 2.25. The van der Waals surface area contributed by atoms with Crippen molar-refractivity contribution in [2.75, 3.05) is 41.7 Å². The van der Waals surface area contributed by atoms with Crippen molar-refractivity contribution in [1.82, 2.24) is 9.29 Å². The maximum absolute atomic E-state index is 13.5. The molecule has 1 aliphatic rings. The van der Waals surface area contributed by atoms with Gasteiger partial charge in [-0.25, -0.2) is 22.2 Å². The minimum Gasteiger partial charge on any atom is -0.380 e. The van der Waals surface area contributed by atoms with Crippen LogP contribution in [0.2, 0.25) is 0 Å². The van der Waals surface area contributed by atoms with Crippen LogP contribution in [0, 0.1) is 11.6 Å². The van der Waals surface area contributed by atoms with Gasteiger partial charge in [0.1, 0.15) is 17.5 Å². The van der Waals surface area contributed by atoms with Crippen LogP contribution in [0.1, 0.15) is 29.8 Å². The van der Waals surface area contributed by atoms with Crippen LogP contribution >= 0.6 is 0 Å². The minimum atomic E-state index is -3.26. The number of amides is 1. The highest BCUT2D eigenvalue weighted by atomic mass is 32.2. The number of nitrogens with two attached hydrogens (primary N) is 1. The van der Waals surface area contributed by atoms with Crippen LogP contribution < -0.4 is 21.3 Å². The maximum Gasteiger partial charge on any atom is 0.252 e. The zero-order valence-corrected chi connectivity index (χ0v) is 21.9. The number of rotatable bonds is 9. The molecule has 3 aromatic rings. The summed E-state index contributed by atoms with van der Waals surface area (Å²) in [5.74, 6) is -1.65. The first-order chi connectivity index (χ1) is 18.0. The fourth-order valence-electron chi connectivity index (χ4n) is 4.18. The lowest BCUT2D eigenvalue weighted by molar-refractivity contribution is 0.100. The Morgan fingerprint density at radius 1 is 1.03 bits per heavy atom. The smallest absolute Gasteiger partial charge is 0.252 e. The van der Waals surface area contributed by atoms with E-state index in [1.54, 1.807) is 24.2 Å². The fourth-order valence-corrected chi connectivity index (χ4v) is 5.45. The lowest BCUT2D eigenvalue weighted by Crippen LogP contribution is -2.50. The first kappa shape index (κ1) is 27.3. The molecule has 1 amide bonds. The summed E-state index contributed by atoms with van der Waals surface area (Å²) in [5.41, 5.74) is 8.05. The molecule has 0 saturated carbocycles. The topological polar surface area (TPSA) is 121 Å². The Morgan fingerprint density at radius 3 is 2.24 bits per heavy atom. The molecular weight excluding hydrogens is 514 g/mol. The lowest BCUT2D eigenvalue weighted by Gasteiger charge is -2.36. The number of carbonyl (C=O) groups excluding carboxylic acids is 1. The van der Waals surface area contributed by atoms with E-state index in [9.17, 15) is 22.0 Å². The Morgan fingerprint density at radius 2 is 1.66 bits per heavy atom. The highest BCUT2D eigenvalue weighted by molar-refractivity contribution is 7.89. The Labute approximate surface area is 220 Å². The van der Waals surface area contributed by atoms with Crippen molar-refractivity contribution in [2.24, 2.45) is 5.73 Å². The highest BCUT2D eigenvalue weighted by Gasteiger charge is 2.29. The van der Waals surface area contributed by atoms with E-state index in [4.69, 9.17) is 5.73 Å². The van der Waals surface area contributed by atoms with Crippen molar-refractivity contribution in [2.45, 2.75) is 25.6 Å². The Kier molecular flexibility index (Phi) is 8.12. The van der Waals surface area contributed by atoms with Gasteiger partial charge in [0.25, 0.3) is 5.91 Å². The van der Waals surface area contributed by atoms with Crippen molar-refractivity contribution in [3.8, 4) is 0 Å². The van der Waals surface area contributed by atoms with Gasteiger partial charge in [0.05, 0.1) is 16.5 Å². The molecule has 38 heavy (non-hydrogen) atoms. The summed E-state index contributed by atoms with van der Waals surface area (Å²) in [6.07, 6.45) is 1.33. The van der Waals surface area contributed by atoms with Gasteiger partial charge in [-0.15, -0.1) is 0 Å². The van der Waals surface area contributed by atoms with E-state index < -0.39 is 32.8 Å². The van der Waals surface area contributed by atoms with E-state index in [-0.39, 0.29) is 12.1 Å². The number of piperazine rings is 1. The fraction of sp³-hybridized carbons (Fsp3) is 0.308. The molecule has 0 radical (unpaired) electrons. The molecule has 0 aliphatic carbocycles. The maximum atomic E-state index is 13.5. The first-order valence-corrected chi connectivity index (χ1v) is 13.6. The summed E-state index contributed by atoms with van der Waals surface area (Å²) in [5, 5.41) is 5.72. The van der Waals surface area contributed by atoms with Crippen molar-refractivity contribution in [3.63, 3.8) is 0 Å². The van der Waals surface area contributed by atoms with Gasteiger partial charge in [0.15, 0.2) is 0 Å². The van der Waals surface area contributed by atoms with Crippen LogP contribution in [0.4, 0.5) is 31.7 Å². The molecule has 12 heteroatoms. The summed E-state index contributed by atoms with van der Waals surface area (Å²) in [4.78, 5) is 18.3. The van der Waals surface area contributed by atoms with Crippen molar-refractivity contribution in [3.05, 3.63) is 77.5 Å². The molecular formula is C26H30F2N6O3S. The molecule has 2 heterocycles. The van der Waals surface area contributed by atoms with Gasteiger partial charge < -0.3 is 21.3 Å². The number of nitrogens with one attached hydrogen (secondary N) is 2. The van der Waals surface area contributed by atoms with Crippen LogP contribution in [-0.4, -0.2) is 55.0 Å². The SMILES string of the molecule is CC(C)S(=O)(=O)N1CCN(c2ccc(Nc3cc(NCc4cc(F)cc(F)c4)c(C(N)=O)cn3)cc2)CC1. The number of aromatic nitrogens is 1. The lowest BCUT2D eigenvalue weighted by atomic mass is 10.1. The molecule has 0 unspecified atom stereocenters. The number of anilines is 4. The van der Waals surface area contributed by atoms with Gasteiger partial charge in [0, 0.05) is 62.4 Å².